The molecule has 0 fully saturated rings. The molecule has 1 aromatic heterocycles. The van der Waals surface area contributed by atoms with Gasteiger partial charge in [-0.1, -0.05) is 53.0 Å². The second-order valence-electron chi connectivity index (χ2n) is 5.88. The topological polar surface area (TPSA) is 71.3 Å². The molecule has 2 aromatic carbocycles. The molecule has 0 bridgehead atoms. The predicted octanol–water partition coefficient (Wildman–Crippen LogP) is 4.95. The fourth-order valence-electron chi connectivity index (χ4n) is 2.43. The first-order valence-electron chi connectivity index (χ1n) is 8.11. The monoisotopic (exact) mass is 402 g/mol. The van der Waals surface area contributed by atoms with Crippen LogP contribution < -0.4 is 10.6 Å². The van der Waals surface area contributed by atoms with Gasteiger partial charge in [-0.05, 0) is 37.3 Å². The van der Waals surface area contributed by atoms with Crippen LogP contribution in [-0.2, 0) is 0 Å². The highest BCUT2D eigenvalue weighted by Crippen LogP contribution is 2.26. The van der Waals surface area contributed by atoms with Crippen LogP contribution in [0.4, 0.5) is 5.69 Å². The number of nitrogens with one attached hydrogen (secondary N) is 2. The van der Waals surface area contributed by atoms with Crippen molar-refractivity contribution in [1.29, 1.82) is 0 Å². The first kappa shape index (κ1) is 19.0. The third kappa shape index (κ3) is 4.70. The number of rotatable bonds is 6. The van der Waals surface area contributed by atoms with E-state index in [2.05, 4.69) is 10.6 Å². The van der Waals surface area contributed by atoms with Gasteiger partial charge in [0.2, 0.25) is 5.78 Å². The summed E-state index contributed by atoms with van der Waals surface area (Å²) in [6.07, 6.45) is 0.314. The molecule has 1 atom stereocenters. The summed E-state index contributed by atoms with van der Waals surface area (Å²) in [6, 6.07) is 15.0. The lowest BCUT2D eigenvalue weighted by Crippen LogP contribution is -2.46. The number of carbonyl (C=O) groups excluding carboxylic acids is 2. The molecule has 0 unspecified atom stereocenters. The van der Waals surface area contributed by atoms with Crippen molar-refractivity contribution >= 4 is 40.6 Å². The molecule has 1 heterocycles. The third-order valence-electron chi connectivity index (χ3n) is 3.85. The van der Waals surface area contributed by atoms with Crippen LogP contribution >= 0.6 is 23.2 Å². The minimum absolute atomic E-state index is 0.0932. The van der Waals surface area contributed by atoms with Crippen LogP contribution in [0.15, 0.2) is 65.3 Å². The number of Topliss-reactive ketones (excluding diaryl/α,β-unsaturated/α-hetero) is 1. The van der Waals surface area contributed by atoms with Gasteiger partial charge in [-0.2, -0.15) is 0 Å². The first-order chi connectivity index (χ1) is 12.9. The molecule has 2 N–H and O–H groups in total. The Morgan fingerprint density at radius 3 is 2.44 bits per heavy atom. The fourth-order valence-corrected chi connectivity index (χ4v) is 2.77. The lowest BCUT2D eigenvalue weighted by Gasteiger charge is -2.21. The number of ketones is 1. The minimum Gasteiger partial charge on any atom is -0.459 e. The molecule has 5 nitrogen and oxygen atoms in total. The highest BCUT2D eigenvalue weighted by atomic mass is 35.5. The molecule has 0 saturated carbocycles. The van der Waals surface area contributed by atoms with Gasteiger partial charge in [-0.3, -0.25) is 9.59 Å². The summed E-state index contributed by atoms with van der Waals surface area (Å²) in [5.41, 5.74) is 1.89. The van der Waals surface area contributed by atoms with E-state index in [9.17, 15) is 9.59 Å². The quantitative estimate of drug-likeness (QED) is 0.452. The van der Waals surface area contributed by atoms with Gasteiger partial charge in [0.1, 0.15) is 0 Å². The number of hydrogen-bond donors (Lipinski definition) is 2. The van der Waals surface area contributed by atoms with E-state index in [0.717, 1.165) is 5.56 Å². The van der Waals surface area contributed by atoms with Gasteiger partial charge in [-0.15, -0.1) is 0 Å². The van der Waals surface area contributed by atoms with Crippen molar-refractivity contribution in [2.75, 3.05) is 5.32 Å². The fraction of sp³-hybridized carbons (Fsp3) is 0.100. The van der Waals surface area contributed by atoms with Crippen LogP contribution in [0.25, 0.3) is 0 Å². The Morgan fingerprint density at radius 2 is 1.78 bits per heavy atom. The van der Waals surface area contributed by atoms with Crippen molar-refractivity contribution in [3.05, 3.63) is 87.8 Å². The number of carbonyl (C=O) groups is 2. The van der Waals surface area contributed by atoms with Crippen molar-refractivity contribution in [3.63, 3.8) is 0 Å². The van der Waals surface area contributed by atoms with E-state index in [1.165, 1.54) is 12.3 Å². The van der Waals surface area contributed by atoms with Gasteiger partial charge in [0.05, 0.1) is 17.0 Å². The zero-order valence-corrected chi connectivity index (χ0v) is 15.8. The highest BCUT2D eigenvalue weighted by molar-refractivity contribution is 6.35. The van der Waals surface area contributed by atoms with E-state index >= 15 is 0 Å². The number of furan rings is 1. The third-order valence-corrected chi connectivity index (χ3v) is 4.41. The zero-order chi connectivity index (χ0) is 19.4. The summed E-state index contributed by atoms with van der Waals surface area (Å²) in [5.74, 6) is -0.766. The molecule has 138 valence electrons. The zero-order valence-electron chi connectivity index (χ0n) is 14.3. The molecular formula is C20H16Cl2N2O3. The summed E-state index contributed by atoms with van der Waals surface area (Å²) in [7, 11) is 0. The smallest absolute Gasteiger partial charge is 0.288 e. The van der Waals surface area contributed by atoms with Crippen molar-refractivity contribution in [2.24, 2.45) is 0 Å². The molecular weight excluding hydrogens is 387 g/mol. The molecule has 3 rings (SSSR count). The van der Waals surface area contributed by atoms with Crippen LogP contribution in [0.5, 0.6) is 0 Å². The van der Waals surface area contributed by atoms with E-state index in [-0.39, 0.29) is 11.5 Å². The lowest BCUT2D eigenvalue weighted by molar-refractivity contribution is 0.0853. The molecule has 7 heteroatoms. The summed E-state index contributed by atoms with van der Waals surface area (Å²) in [5, 5.41) is 6.40. The maximum absolute atomic E-state index is 13.0. The maximum Gasteiger partial charge on any atom is 0.288 e. The van der Waals surface area contributed by atoms with Crippen molar-refractivity contribution < 1.29 is 14.0 Å². The highest BCUT2D eigenvalue weighted by Gasteiger charge is 2.24. The molecule has 27 heavy (non-hydrogen) atoms. The minimum atomic E-state index is -1.07. The Kier molecular flexibility index (Phi) is 5.84. The molecule has 3 aromatic rings. The van der Waals surface area contributed by atoms with Crippen LogP contribution in [0.3, 0.4) is 0 Å². The number of hydrogen-bond acceptors (Lipinski definition) is 4. The van der Waals surface area contributed by atoms with Gasteiger partial charge < -0.3 is 15.1 Å². The summed E-state index contributed by atoms with van der Waals surface area (Å²) < 4.78 is 5.09. The number of anilines is 1. The van der Waals surface area contributed by atoms with E-state index in [0.29, 0.717) is 21.3 Å². The molecule has 0 aliphatic heterocycles. The predicted molar refractivity (Wildman–Crippen MR) is 106 cm³/mol. The Morgan fingerprint density at radius 1 is 1.04 bits per heavy atom. The van der Waals surface area contributed by atoms with E-state index < -0.39 is 12.1 Å². The number of amides is 1. The molecule has 0 aliphatic rings. The molecule has 1 amide bonds. The Balaban J connectivity index is 1.90. The van der Waals surface area contributed by atoms with E-state index in [4.69, 9.17) is 27.6 Å². The largest absolute Gasteiger partial charge is 0.459 e. The van der Waals surface area contributed by atoms with Crippen LogP contribution in [0, 0.1) is 6.92 Å². The van der Waals surface area contributed by atoms with Crippen LogP contribution in [0.1, 0.15) is 26.5 Å². The first-order valence-corrected chi connectivity index (χ1v) is 8.86. The Bertz CT molecular complexity index is 954. The summed E-state index contributed by atoms with van der Waals surface area (Å²) in [6.45, 7) is 1.93. The number of halogens is 2. The van der Waals surface area contributed by atoms with Gasteiger partial charge in [-0.25, -0.2) is 0 Å². The van der Waals surface area contributed by atoms with E-state index in [1.54, 1.807) is 36.4 Å². The second kappa shape index (κ2) is 8.29. The summed E-state index contributed by atoms with van der Waals surface area (Å²) >= 11 is 12.2. The summed E-state index contributed by atoms with van der Waals surface area (Å²) in [4.78, 5) is 25.4. The normalized spacial score (nSPS) is 11.7. The molecule has 0 aliphatic carbocycles. The number of aryl methyl sites for hydroxylation is 1. The Hall–Kier alpha value is -2.76. The van der Waals surface area contributed by atoms with E-state index in [1.807, 2.05) is 19.1 Å². The standard InChI is InChI=1S/C20H16Cl2N2O3/c1-12-4-6-13(7-5-12)18(25)19(24-20(26)17-3-2-10-27-17)23-16-11-14(21)8-9-15(16)22/h2-11,19,23H,1H3,(H,24,26)/t19-/m0/s1. The molecule has 0 spiro atoms. The lowest BCUT2D eigenvalue weighted by atomic mass is 10.1. The molecule has 0 radical (unpaired) electrons. The van der Waals surface area contributed by atoms with Crippen molar-refractivity contribution in [2.45, 2.75) is 13.1 Å². The Labute approximate surface area is 166 Å². The SMILES string of the molecule is Cc1ccc(C(=O)[C@H](NC(=O)c2ccco2)Nc2cc(Cl)ccc2Cl)cc1. The van der Waals surface area contributed by atoms with Crippen LogP contribution in [0.2, 0.25) is 10.0 Å². The average molecular weight is 403 g/mol. The molecule has 0 saturated heterocycles. The average Bonchev–Trinajstić information content (AvgIpc) is 3.19. The number of benzene rings is 2. The van der Waals surface area contributed by atoms with Crippen molar-refractivity contribution in [3.8, 4) is 0 Å². The van der Waals surface area contributed by atoms with Gasteiger partial charge in [0.25, 0.3) is 5.91 Å². The van der Waals surface area contributed by atoms with Crippen LogP contribution in [-0.4, -0.2) is 17.9 Å². The van der Waals surface area contributed by atoms with Gasteiger partial charge in [0, 0.05) is 10.6 Å². The second-order valence-corrected chi connectivity index (χ2v) is 6.73. The maximum atomic E-state index is 13.0. The van der Waals surface area contributed by atoms with Gasteiger partial charge in [0.15, 0.2) is 11.9 Å². The van der Waals surface area contributed by atoms with Crippen molar-refractivity contribution in [1.82, 2.24) is 5.32 Å². The van der Waals surface area contributed by atoms with Gasteiger partial charge >= 0.3 is 0 Å².